The van der Waals surface area contributed by atoms with E-state index in [2.05, 4.69) is 14.8 Å². The van der Waals surface area contributed by atoms with Crippen molar-refractivity contribution in [3.8, 4) is 11.4 Å². The molecule has 0 saturated heterocycles. The number of halogens is 1. The van der Waals surface area contributed by atoms with Crippen molar-refractivity contribution in [2.24, 2.45) is 0 Å². The monoisotopic (exact) mass is 274 g/mol. The van der Waals surface area contributed by atoms with Gasteiger partial charge in [-0.15, -0.1) is 10.2 Å². The van der Waals surface area contributed by atoms with Crippen molar-refractivity contribution in [3.05, 3.63) is 29.8 Å². The van der Waals surface area contributed by atoms with Crippen LogP contribution in [0.2, 0.25) is 0 Å². The molecule has 0 amide bonds. The molecule has 0 atom stereocenters. The Bertz CT molecular complexity index is 614. The smallest absolute Gasteiger partial charge is 0.166 e. The molecule has 1 aromatic carbocycles. The minimum atomic E-state index is -0.301. The molecule has 106 valence electrons. The molecule has 1 aliphatic carbocycles. The van der Waals surface area contributed by atoms with Crippen LogP contribution in [0.1, 0.15) is 44.0 Å². The maximum absolute atomic E-state index is 13.5. The quantitative estimate of drug-likeness (QED) is 0.853. The van der Waals surface area contributed by atoms with Crippen molar-refractivity contribution in [3.63, 3.8) is 0 Å². The molecule has 0 unspecified atom stereocenters. The van der Waals surface area contributed by atoms with Gasteiger partial charge in [-0.3, -0.25) is 0 Å². The normalized spacial score (nSPS) is 16.5. The van der Waals surface area contributed by atoms with Crippen LogP contribution in [0.4, 0.5) is 10.1 Å². The average Bonchev–Trinajstić information content (AvgIpc) is 2.84. The van der Waals surface area contributed by atoms with Gasteiger partial charge in [0.2, 0.25) is 0 Å². The number of rotatable bonds is 2. The van der Waals surface area contributed by atoms with Gasteiger partial charge < -0.3 is 10.3 Å². The van der Waals surface area contributed by atoms with Crippen LogP contribution in [-0.2, 0) is 0 Å². The van der Waals surface area contributed by atoms with Crippen LogP contribution in [0, 0.1) is 12.7 Å². The molecule has 3 rings (SSSR count). The SMILES string of the molecule is Cc1nnc(-c2cc(F)ccc2N)n1C1CCCCC1. The van der Waals surface area contributed by atoms with Crippen molar-refractivity contribution >= 4 is 5.69 Å². The van der Waals surface area contributed by atoms with Crippen LogP contribution in [-0.4, -0.2) is 14.8 Å². The summed E-state index contributed by atoms with van der Waals surface area (Å²) in [4.78, 5) is 0. The van der Waals surface area contributed by atoms with E-state index < -0.39 is 0 Å². The lowest BCUT2D eigenvalue weighted by Crippen LogP contribution is -2.15. The molecule has 1 saturated carbocycles. The zero-order valence-corrected chi connectivity index (χ0v) is 11.6. The van der Waals surface area contributed by atoms with Crippen molar-refractivity contribution in [2.45, 2.75) is 45.1 Å². The second-order valence-electron chi connectivity index (χ2n) is 5.46. The summed E-state index contributed by atoms with van der Waals surface area (Å²) in [6, 6.07) is 4.79. The Morgan fingerprint density at radius 3 is 2.70 bits per heavy atom. The van der Waals surface area contributed by atoms with Crippen molar-refractivity contribution in [2.75, 3.05) is 5.73 Å². The van der Waals surface area contributed by atoms with Crippen LogP contribution in [0.5, 0.6) is 0 Å². The lowest BCUT2D eigenvalue weighted by molar-refractivity contribution is 0.350. The summed E-state index contributed by atoms with van der Waals surface area (Å²) in [6.07, 6.45) is 5.98. The van der Waals surface area contributed by atoms with Crippen molar-refractivity contribution < 1.29 is 4.39 Å². The lowest BCUT2D eigenvalue weighted by Gasteiger charge is -2.25. The van der Waals surface area contributed by atoms with Gasteiger partial charge in [0.15, 0.2) is 5.82 Å². The molecule has 2 N–H and O–H groups in total. The second kappa shape index (κ2) is 5.23. The zero-order valence-electron chi connectivity index (χ0n) is 11.6. The number of anilines is 1. The van der Waals surface area contributed by atoms with Crippen molar-refractivity contribution in [1.82, 2.24) is 14.8 Å². The van der Waals surface area contributed by atoms with Gasteiger partial charge in [0.1, 0.15) is 11.6 Å². The maximum atomic E-state index is 13.5. The molecular formula is C15H19FN4. The number of nitrogens with zero attached hydrogens (tertiary/aromatic N) is 3. The van der Waals surface area contributed by atoms with Crippen LogP contribution in [0.15, 0.2) is 18.2 Å². The van der Waals surface area contributed by atoms with Gasteiger partial charge in [-0.25, -0.2) is 4.39 Å². The van der Waals surface area contributed by atoms with E-state index in [-0.39, 0.29) is 5.82 Å². The number of nitrogens with two attached hydrogens (primary N) is 1. The molecule has 0 spiro atoms. The van der Waals surface area contributed by atoms with Gasteiger partial charge in [0.05, 0.1) is 0 Å². The molecule has 1 heterocycles. The number of hydrogen-bond acceptors (Lipinski definition) is 3. The fraction of sp³-hybridized carbons (Fsp3) is 0.467. The summed E-state index contributed by atoms with van der Waals surface area (Å²) >= 11 is 0. The average molecular weight is 274 g/mol. The molecule has 1 aliphatic rings. The van der Waals surface area contributed by atoms with Gasteiger partial charge in [-0.05, 0) is 38.0 Å². The van der Waals surface area contributed by atoms with E-state index in [9.17, 15) is 4.39 Å². The van der Waals surface area contributed by atoms with E-state index in [0.717, 1.165) is 18.7 Å². The molecule has 2 aromatic rings. The fourth-order valence-corrected chi connectivity index (χ4v) is 3.05. The Balaban J connectivity index is 2.08. The minimum absolute atomic E-state index is 0.301. The molecule has 0 bridgehead atoms. The van der Waals surface area contributed by atoms with E-state index >= 15 is 0 Å². The topological polar surface area (TPSA) is 56.7 Å². The number of aryl methyl sites for hydroxylation is 1. The molecule has 4 nitrogen and oxygen atoms in total. The Morgan fingerprint density at radius 2 is 1.95 bits per heavy atom. The highest BCUT2D eigenvalue weighted by Gasteiger charge is 2.22. The predicted molar refractivity (Wildman–Crippen MR) is 76.7 cm³/mol. The van der Waals surface area contributed by atoms with Gasteiger partial charge >= 0.3 is 0 Å². The standard InChI is InChI=1S/C15H19FN4/c1-10-18-19-15(13-9-11(16)7-8-14(13)17)20(10)12-5-3-2-4-6-12/h7-9,12H,2-6,17H2,1H3. The Labute approximate surface area is 117 Å². The highest BCUT2D eigenvalue weighted by Crippen LogP contribution is 2.34. The number of hydrogen-bond donors (Lipinski definition) is 1. The first-order chi connectivity index (χ1) is 9.66. The van der Waals surface area contributed by atoms with Gasteiger partial charge in [-0.2, -0.15) is 0 Å². The maximum Gasteiger partial charge on any atom is 0.166 e. The van der Waals surface area contributed by atoms with Crippen LogP contribution < -0.4 is 5.73 Å². The fourth-order valence-electron chi connectivity index (χ4n) is 3.05. The van der Waals surface area contributed by atoms with Crippen LogP contribution in [0.3, 0.4) is 0 Å². The molecular weight excluding hydrogens is 255 g/mol. The van der Waals surface area contributed by atoms with E-state index in [4.69, 9.17) is 5.73 Å². The molecule has 0 radical (unpaired) electrons. The molecule has 0 aliphatic heterocycles. The summed E-state index contributed by atoms with van der Waals surface area (Å²) in [5, 5.41) is 8.40. The summed E-state index contributed by atoms with van der Waals surface area (Å²) in [5.41, 5.74) is 7.15. The van der Waals surface area contributed by atoms with Gasteiger partial charge in [-0.1, -0.05) is 19.3 Å². The van der Waals surface area contributed by atoms with E-state index in [0.29, 0.717) is 23.1 Å². The summed E-state index contributed by atoms with van der Waals surface area (Å²) in [6.45, 7) is 1.95. The third kappa shape index (κ3) is 2.28. The second-order valence-corrected chi connectivity index (χ2v) is 5.46. The van der Waals surface area contributed by atoms with E-state index in [1.54, 1.807) is 6.07 Å². The number of benzene rings is 1. The number of aromatic nitrogens is 3. The Morgan fingerprint density at radius 1 is 1.20 bits per heavy atom. The Kier molecular flexibility index (Phi) is 3.42. The highest BCUT2D eigenvalue weighted by atomic mass is 19.1. The minimum Gasteiger partial charge on any atom is -0.398 e. The van der Waals surface area contributed by atoms with E-state index in [1.165, 1.54) is 31.4 Å². The molecule has 5 heteroatoms. The van der Waals surface area contributed by atoms with Crippen LogP contribution >= 0.6 is 0 Å². The van der Waals surface area contributed by atoms with Crippen molar-refractivity contribution in [1.29, 1.82) is 0 Å². The first kappa shape index (κ1) is 13.1. The first-order valence-electron chi connectivity index (χ1n) is 7.13. The summed E-state index contributed by atoms with van der Waals surface area (Å²) in [7, 11) is 0. The highest BCUT2D eigenvalue weighted by molar-refractivity contribution is 5.71. The van der Waals surface area contributed by atoms with E-state index in [1.807, 2.05) is 6.92 Å². The van der Waals surface area contributed by atoms with Gasteiger partial charge in [0, 0.05) is 17.3 Å². The zero-order chi connectivity index (χ0) is 14.1. The van der Waals surface area contributed by atoms with Crippen LogP contribution in [0.25, 0.3) is 11.4 Å². The largest absolute Gasteiger partial charge is 0.398 e. The summed E-state index contributed by atoms with van der Waals surface area (Å²) < 4.78 is 15.6. The Hall–Kier alpha value is -1.91. The third-order valence-electron chi connectivity index (χ3n) is 4.06. The molecule has 1 fully saturated rings. The van der Waals surface area contributed by atoms with Gasteiger partial charge in [0.25, 0.3) is 0 Å². The first-order valence-corrected chi connectivity index (χ1v) is 7.13. The third-order valence-corrected chi connectivity index (χ3v) is 4.06. The summed E-state index contributed by atoms with van der Waals surface area (Å²) in [5.74, 6) is 1.26. The molecule has 20 heavy (non-hydrogen) atoms. The molecule has 1 aromatic heterocycles. The predicted octanol–water partition coefficient (Wildman–Crippen LogP) is 3.48. The lowest BCUT2D eigenvalue weighted by atomic mass is 9.95. The number of nitrogen functional groups attached to an aromatic ring is 1.